The summed E-state index contributed by atoms with van der Waals surface area (Å²) in [5.41, 5.74) is 3.06. The minimum Gasteiger partial charge on any atom is -1.00 e. The van der Waals surface area contributed by atoms with Gasteiger partial charge in [0.25, 0.3) is 0 Å². The van der Waals surface area contributed by atoms with Gasteiger partial charge in [-0.05, 0) is 51.4 Å². The third-order valence-corrected chi connectivity index (χ3v) is 6.44. The molecule has 25 heavy (non-hydrogen) atoms. The van der Waals surface area contributed by atoms with E-state index in [4.69, 9.17) is 0 Å². The van der Waals surface area contributed by atoms with Crippen molar-refractivity contribution in [2.75, 3.05) is 40.3 Å². The van der Waals surface area contributed by atoms with Gasteiger partial charge in [0.15, 0.2) is 0 Å². The van der Waals surface area contributed by atoms with Crippen LogP contribution in [0.15, 0.2) is 24.3 Å². The monoisotopic (exact) mass is 409 g/mol. The van der Waals surface area contributed by atoms with Crippen molar-refractivity contribution in [3.05, 3.63) is 35.4 Å². The predicted molar refractivity (Wildman–Crippen MR) is 103 cm³/mol. The van der Waals surface area contributed by atoms with E-state index in [1.54, 1.807) is 0 Å². The van der Waals surface area contributed by atoms with Crippen LogP contribution in [0.4, 0.5) is 0 Å². The molecule has 2 saturated heterocycles. The molecule has 1 aromatic rings. The lowest BCUT2D eigenvalue weighted by Gasteiger charge is -2.34. The molecule has 0 radical (unpaired) electrons. The first-order chi connectivity index (χ1) is 11.6. The molecule has 2 fully saturated rings. The Labute approximate surface area is 166 Å². The van der Waals surface area contributed by atoms with Crippen LogP contribution in [-0.2, 0) is 13.1 Å². The van der Waals surface area contributed by atoms with E-state index in [2.05, 4.69) is 38.4 Å². The molecule has 2 aliphatic rings. The maximum Gasteiger partial charge on any atom is 0.104 e. The first-order valence-corrected chi connectivity index (χ1v) is 10.3. The summed E-state index contributed by atoms with van der Waals surface area (Å²) >= 11 is 0. The van der Waals surface area contributed by atoms with E-state index in [-0.39, 0.29) is 17.0 Å². The summed E-state index contributed by atoms with van der Waals surface area (Å²) in [4.78, 5) is 0. The lowest BCUT2D eigenvalue weighted by Crippen LogP contribution is -3.00. The van der Waals surface area contributed by atoms with Crippen molar-refractivity contribution >= 4 is 0 Å². The molecule has 0 bridgehead atoms. The van der Waals surface area contributed by atoms with Gasteiger partial charge in [0.2, 0.25) is 0 Å². The van der Waals surface area contributed by atoms with Crippen molar-refractivity contribution in [3.63, 3.8) is 0 Å². The van der Waals surface area contributed by atoms with Gasteiger partial charge in [0.05, 0.1) is 40.3 Å². The largest absolute Gasteiger partial charge is 1.00 e. The van der Waals surface area contributed by atoms with Crippen molar-refractivity contribution in [2.45, 2.75) is 64.5 Å². The van der Waals surface area contributed by atoms with Gasteiger partial charge < -0.3 is 25.9 Å². The molecule has 3 heteroatoms. The maximum absolute atomic E-state index is 2.46. The Morgan fingerprint density at radius 3 is 1.12 bits per heavy atom. The third kappa shape index (κ3) is 6.37. The van der Waals surface area contributed by atoms with Gasteiger partial charge in [-0.15, -0.1) is 0 Å². The highest BCUT2D eigenvalue weighted by Crippen LogP contribution is 2.22. The molecule has 2 heterocycles. The van der Waals surface area contributed by atoms with E-state index in [0.717, 1.165) is 0 Å². The third-order valence-electron chi connectivity index (χ3n) is 6.44. The van der Waals surface area contributed by atoms with Crippen LogP contribution >= 0.6 is 0 Å². The zero-order valence-electron chi connectivity index (χ0n) is 16.5. The predicted octanol–water partition coefficient (Wildman–Crippen LogP) is 1.73. The summed E-state index contributed by atoms with van der Waals surface area (Å²) in [6, 6.07) is 9.64. The summed E-state index contributed by atoms with van der Waals surface area (Å²) in [5.74, 6) is 0. The fourth-order valence-electron chi connectivity index (χ4n) is 4.85. The molecule has 142 valence electrons. The smallest absolute Gasteiger partial charge is 0.104 e. The molecule has 0 spiro atoms. The van der Waals surface area contributed by atoms with Crippen LogP contribution in [0.25, 0.3) is 0 Å². The highest BCUT2D eigenvalue weighted by Gasteiger charge is 2.25. The Kier molecular flexibility index (Phi) is 7.97. The van der Waals surface area contributed by atoms with Gasteiger partial charge in [-0.25, -0.2) is 0 Å². The number of benzene rings is 1. The molecule has 0 unspecified atom stereocenters. The van der Waals surface area contributed by atoms with E-state index in [0.29, 0.717) is 0 Å². The van der Waals surface area contributed by atoms with E-state index in [1.807, 2.05) is 0 Å². The second-order valence-electron chi connectivity index (χ2n) is 9.09. The van der Waals surface area contributed by atoms with Crippen molar-refractivity contribution in [3.8, 4) is 0 Å². The van der Waals surface area contributed by atoms with Crippen LogP contribution in [0.1, 0.15) is 62.5 Å². The van der Waals surface area contributed by atoms with Crippen molar-refractivity contribution in [1.29, 1.82) is 0 Å². The number of hydrogen-bond acceptors (Lipinski definition) is 0. The summed E-state index contributed by atoms with van der Waals surface area (Å²) in [7, 11) is 4.92. The maximum atomic E-state index is 2.46. The number of rotatable bonds is 4. The van der Waals surface area contributed by atoms with Gasteiger partial charge >= 0.3 is 0 Å². The Hall–Kier alpha value is -0.380. The van der Waals surface area contributed by atoms with E-state index >= 15 is 0 Å². The summed E-state index contributed by atoms with van der Waals surface area (Å²) in [6.45, 7) is 7.86. The van der Waals surface area contributed by atoms with Crippen LogP contribution in [0.5, 0.6) is 0 Å². The standard InChI is InChI=1S/C22H38N2.BrH/c1-23(15-7-3-4-8-16-23)19-21-11-13-22(14-12-21)20-24(2)17-9-5-6-10-18-24;/h11-14H,3-10,15-20H2,1-2H3;1H/q+2;/p-1. The van der Waals surface area contributed by atoms with Gasteiger partial charge in [0.1, 0.15) is 13.1 Å². The van der Waals surface area contributed by atoms with Crippen LogP contribution in [0, 0.1) is 0 Å². The quantitative estimate of drug-likeness (QED) is 0.664. The van der Waals surface area contributed by atoms with Crippen molar-refractivity contribution in [2.24, 2.45) is 0 Å². The second kappa shape index (κ2) is 9.53. The number of nitrogens with zero attached hydrogens (tertiary/aromatic N) is 2. The minimum atomic E-state index is 0. The SMILES string of the molecule is C[N+]1(Cc2ccc(C[N+]3(C)CCCCCC3)cc2)CCCCCC1.[Br-]. The molecule has 0 aliphatic carbocycles. The van der Waals surface area contributed by atoms with Crippen LogP contribution in [0.3, 0.4) is 0 Å². The molecular weight excluding hydrogens is 372 g/mol. The van der Waals surface area contributed by atoms with Gasteiger partial charge in [-0.3, -0.25) is 0 Å². The van der Waals surface area contributed by atoms with E-state index in [1.165, 1.54) is 111 Å². The molecule has 1 aromatic carbocycles. The molecule has 0 atom stereocenters. The lowest BCUT2D eigenvalue weighted by atomic mass is 10.1. The highest BCUT2D eigenvalue weighted by molar-refractivity contribution is 5.21. The zero-order valence-corrected chi connectivity index (χ0v) is 18.1. The Bertz CT molecular complexity index is 448. The number of quaternary nitrogens is 2. The number of halogens is 1. The van der Waals surface area contributed by atoms with Crippen LogP contribution < -0.4 is 17.0 Å². The molecule has 0 N–H and O–H groups in total. The van der Waals surface area contributed by atoms with Crippen LogP contribution in [0.2, 0.25) is 0 Å². The average Bonchev–Trinajstić information content (AvgIpc) is 2.90. The normalized spacial score (nSPS) is 23.1. The minimum absolute atomic E-state index is 0. The molecule has 0 amide bonds. The van der Waals surface area contributed by atoms with Crippen molar-refractivity contribution in [1.82, 2.24) is 0 Å². The van der Waals surface area contributed by atoms with Gasteiger partial charge in [-0.1, -0.05) is 24.3 Å². The number of likely N-dealkylation sites (tertiary alicyclic amines) is 2. The highest BCUT2D eigenvalue weighted by atomic mass is 79.9. The van der Waals surface area contributed by atoms with Gasteiger partial charge in [0, 0.05) is 11.1 Å². The first-order valence-electron chi connectivity index (χ1n) is 10.3. The Morgan fingerprint density at radius 2 is 0.840 bits per heavy atom. The Morgan fingerprint density at radius 1 is 0.560 bits per heavy atom. The first kappa shape index (κ1) is 20.9. The molecule has 3 rings (SSSR count). The summed E-state index contributed by atoms with van der Waals surface area (Å²) in [6.07, 6.45) is 11.4. The summed E-state index contributed by atoms with van der Waals surface area (Å²) in [5, 5.41) is 0. The number of hydrogen-bond donors (Lipinski definition) is 0. The fourth-order valence-corrected chi connectivity index (χ4v) is 4.85. The van der Waals surface area contributed by atoms with Crippen LogP contribution in [-0.4, -0.2) is 49.2 Å². The van der Waals surface area contributed by atoms with Crippen molar-refractivity contribution < 1.29 is 25.9 Å². The van der Waals surface area contributed by atoms with E-state index in [9.17, 15) is 0 Å². The summed E-state index contributed by atoms with van der Waals surface area (Å²) < 4.78 is 2.49. The lowest BCUT2D eigenvalue weighted by molar-refractivity contribution is -0.922. The van der Waals surface area contributed by atoms with E-state index < -0.39 is 0 Å². The molecular formula is C22H38BrN2+. The van der Waals surface area contributed by atoms with Gasteiger partial charge in [-0.2, -0.15) is 0 Å². The average molecular weight is 410 g/mol. The topological polar surface area (TPSA) is 0 Å². The molecule has 0 aromatic heterocycles. The molecule has 2 aliphatic heterocycles. The Balaban J connectivity index is 0.00000225. The molecule has 0 saturated carbocycles. The zero-order chi connectivity index (χ0) is 16.9. The fraction of sp³-hybridized carbons (Fsp3) is 0.727. The molecule has 2 nitrogen and oxygen atoms in total. The second-order valence-corrected chi connectivity index (χ2v) is 9.09.